The van der Waals surface area contributed by atoms with Gasteiger partial charge in [0, 0.05) is 12.2 Å². The summed E-state index contributed by atoms with van der Waals surface area (Å²) >= 11 is 6.02. The number of allylic oxidation sites excluding steroid dienone is 2. The Balaban J connectivity index is 3.02. The summed E-state index contributed by atoms with van der Waals surface area (Å²) in [5.74, 6) is 0. The average molecular weight is 228 g/mol. The lowest BCUT2D eigenvalue weighted by Gasteiger charge is -2.25. The van der Waals surface area contributed by atoms with Crippen molar-refractivity contribution in [1.29, 1.82) is 0 Å². The molecular formula is C11H18ClN3. The van der Waals surface area contributed by atoms with Gasteiger partial charge in [0.15, 0.2) is 0 Å². The molecule has 0 bridgehead atoms. The van der Waals surface area contributed by atoms with Gasteiger partial charge in [-0.25, -0.2) is 4.99 Å². The fourth-order valence-electron chi connectivity index (χ4n) is 1.23. The second-order valence-electron chi connectivity index (χ2n) is 3.96. The predicted octanol–water partition coefficient (Wildman–Crippen LogP) is 2.66. The average Bonchev–Trinajstić information content (AvgIpc) is 2.24. The van der Waals surface area contributed by atoms with Crippen LogP contribution in [0.15, 0.2) is 27.5 Å². The summed E-state index contributed by atoms with van der Waals surface area (Å²) in [6.07, 6.45) is 3.76. The number of rotatable bonds is 1. The van der Waals surface area contributed by atoms with Gasteiger partial charge in [-0.05, 0) is 38.8 Å². The third-order valence-electron chi connectivity index (χ3n) is 2.47. The number of hydrogen-bond acceptors (Lipinski definition) is 3. The Bertz CT molecular complexity index is 316. The van der Waals surface area contributed by atoms with E-state index in [9.17, 15) is 0 Å². The summed E-state index contributed by atoms with van der Waals surface area (Å²) in [6.45, 7) is 9.08. The normalized spacial score (nSPS) is 28.7. The number of nitrogens with zero attached hydrogens (tertiary/aromatic N) is 2. The maximum Gasteiger partial charge on any atom is 0.134 e. The third kappa shape index (κ3) is 3.27. The van der Waals surface area contributed by atoms with Crippen LogP contribution in [0.4, 0.5) is 0 Å². The Morgan fingerprint density at radius 3 is 2.73 bits per heavy atom. The highest BCUT2D eigenvalue weighted by atomic mass is 35.5. The predicted molar refractivity (Wildman–Crippen MR) is 65.8 cm³/mol. The van der Waals surface area contributed by atoms with Gasteiger partial charge in [-0.3, -0.25) is 0 Å². The van der Waals surface area contributed by atoms with Crippen LogP contribution in [0.2, 0.25) is 0 Å². The molecule has 3 nitrogen and oxygen atoms in total. The molecule has 0 aromatic heterocycles. The minimum absolute atomic E-state index is 0.450. The van der Waals surface area contributed by atoms with Crippen LogP contribution in [-0.4, -0.2) is 23.9 Å². The molecule has 0 radical (unpaired) electrons. The van der Waals surface area contributed by atoms with E-state index in [1.807, 2.05) is 13.8 Å². The summed E-state index contributed by atoms with van der Waals surface area (Å²) < 4.78 is 0. The zero-order valence-electron chi connectivity index (χ0n) is 9.71. The molecule has 1 aliphatic rings. The lowest BCUT2D eigenvalue weighted by atomic mass is 10.1. The standard InChI is InChI=1S/C11H18ClN3/c1-8(2)15-5-9(3)10(4)11(12)14-6-13-7-15/h5-6,8H,7H2,1-4H3,(H,13,14)/b9-5-,11-10+. The fourth-order valence-corrected chi connectivity index (χ4v) is 1.43. The Kier molecular flexibility index (Phi) is 4.21. The highest BCUT2D eigenvalue weighted by molar-refractivity contribution is 6.30. The van der Waals surface area contributed by atoms with E-state index in [0.717, 1.165) is 17.8 Å². The van der Waals surface area contributed by atoms with Crippen molar-refractivity contribution in [3.63, 3.8) is 0 Å². The number of hydrogen-bond donors (Lipinski definition) is 1. The molecule has 0 amide bonds. The van der Waals surface area contributed by atoms with E-state index < -0.39 is 0 Å². The summed E-state index contributed by atoms with van der Waals surface area (Å²) in [4.78, 5) is 6.32. The molecule has 15 heavy (non-hydrogen) atoms. The third-order valence-corrected chi connectivity index (χ3v) is 2.85. The van der Waals surface area contributed by atoms with E-state index in [0.29, 0.717) is 11.2 Å². The van der Waals surface area contributed by atoms with E-state index in [1.54, 1.807) is 6.34 Å². The molecule has 4 heteroatoms. The highest BCUT2D eigenvalue weighted by Gasteiger charge is 2.08. The van der Waals surface area contributed by atoms with E-state index in [4.69, 9.17) is 11.6 Å². The lowest BCUT2D eigenvalue weighted by Crippen LogP contribution is -2.34. The largest absolute Gasteiger partial charge is 0.359 e. The van der Waals surface area contributed by atoms with Gasteiger partial charge in [0.25, 0.3) is 0 Å². The van der Waals surface area contributed by atoms with Crippen LogP contribution >= 0.6 is 11.6 Å². The van der Waals surface area contributed by atoms with Crippen molar-refractivity contribution in [2.75, 3.05) is 6.67 Å². The first-order chi connectivity index (χ1) is 7.02. The number of aliphatic imine (C=N–C) groups is 1. The van der Waals surface area contributed by atoms with Crippen LogP contribution in [0.3, 0.4) is 0 Å². The van der Waals surface area contributed by atoms with Gasteiger partial charge in [0.05, 0.1) is 13.0 Å². The second-order valence-corrected chi connectivity index (χ2v) is 4.31. The molecule has 0 spiro atoms. The van der Waals surface area contributed by atoms with E-state index >= 15 is 0 Å². The fraction of sp³-hybridized carbons (Fsp3) is 0.545. The quantitative estimate of drug-likeness (QED) is 0.698. The van der Waals surface area contributed by atoms with E-state index in [-0.39, 0.29) is 0 Å². The van der Waals surface area contributed by atoms with Gasteiger partial charge in [-0.2, -0.15) is 0 Å². The maximum absolute atomic E-state index is 6.02. The summed E-state index contributed by atoms with van der Waals surface area (Å²) in [7, 11) is 0. The monoisotopic (exact) mass is 227 g/mol. The first-order valence-corrected chi connectivity index (χ1v) is 5.47. The van der Waals surface area contributed by atoms with Gasteiger partial charge in [0.2, 0.25) is 0 Å². The van der Waals surface area contributed by atoms with Crippen molar-refractivity contribution in [2.24, 2.45) is 4.99 Å². The van der Waals surface area contributed by atoms with Crippen molar-refractivity contribution in [3.05, 3.63) is 22.5 Å². The van der Waals surface area contributed by atoms with Gasteiger partial charge < -0.3 is 10.2 Å². The van der Waals surface area contributed by atoms with Gasteiger partial charge in [0.1, 0.15) is 5.16 Å². The van der Waals surface area contributed by atoms with Crippen LogP contribution in [-0.2, 0) is 0 Å². The number of halogens is 1. The van der Waals surface area contributed by atoms with Gasteiger partial charge in [-0.15, -0.1) is 0 Å². The topological polar surface area (TPSA) is 27.6 Å². The Hall–Kier alpha value is -0.960. The zero-order valence-corrected chi connectivity index (χ0v) is 10.5. The summed E-state index contributed by atoms with van der Waals surface area (Å²) in [6, 6.07) is 0.450. The first kappa shape index (κ1) is 12.1. The molecule has 1 rings (SSSR count). The molecule has 84 valence electrons. The molecule has 0 aliphatic carbocycles. The van der Waals surface area contributed by atoms with Crippen LogP contribution < -0.4 is 5.32 Å². The van der Waals surface area contributed by atoms with Crippen molar-refractivity contribution in [1.82, 2.24) is 10.2 Å². The van der Waals surface area contributed by atoms with E-state index in [2.05, 4.69) is 35.3 Å². The minimum Gasteiger partial charge on any atom is -0.359 e. The Morgan fingerprint density at radius 1 is 1.47 bits per heavy atom. The zero-order chi connectivity index (χ0) is 11.4. The maximum atomic E-state index is 6.02. The molecule has 0 atom stereocenters. The Morgan fingerprint density at radius 2 is 2.13 bits per heavy atom. The highest BCUT2D eigenvalue weighted by Crippen LogP contribution is 2.19. The van der Waals surface area contributed by atoms with Crippen molar-refractivity contribution in [3.8, 4) is 0 Å². The second kappa shape index (κ2) is 5.21. The molecule has 0 saturated heterocycles. The SMILES string of the molecule is CC1=C\N(C(C)C)CN\C=N/C(Cl)=C/1C. The molecule has 0 aromatic rings. The Labute approximate surface area is 96.5 Å². The van der Waals surface area contributed by atoms with Gasteiger partial charge in [-0.1, -0.05) is 11.6 Å². The first-order valence-electron chi connectivity index (χ1n) is 5.09. The van der Waals surface area contributed by atoms with E-state index in [1.165, 1.54) is 0 Å². The van der Waals surface area contributed by atoms with Crippen molar-refractivity contribution < 1.29 is 0 Å². The number of nitrogens with one attached hydrogen (secondary N) is 1. The van der Waals surface area contributed by atoms with Gasteiger partial charge >= 0.3 is 0 Å². The van der Waals surface area contributed by atoms with Crippen LogP contribution in [0.25, 0.3) is 0 Å². The minimum atomic E-state index is 0.450. The molecule has 1 N–H and O–H groups in total. The van der Waals surface area contributed by atoms with Crippen LogP contribution in [0.1, 0.15) is 27.7 Å². The molecule has 0 aromatic carbocycles. The summed E-state index contributed by atoms with van der Waals surface area (Å²) in [5, 5.41) is 3.64. The van der Waals surface area contributed by atoms with Crippen molar-refractivity contribution >= 4 is 17.9 Å². The lowest BCUT2D eigenvalue weighted by molar-refractivity contribution is 0.305. The smallest absolute Gasteiger partial charge is 0.134 e. The van der Waals surface area contributed by atoms with Crippen LogP contribution in [0, 0.1) is 0 Å². The summed E-state index contributed by atoms with van der Waals surface area (Å²) in [5.41, 5.74) is 2.16. The molecule has 0 unspecified atom stereocenters. The molecule has 1 heterocycles. The molecule has 1 aliphatic heterocycles. The molecule has 0 fully saturated rings. The van der Waals surface area contributed by atoms with Crippen LogP contribution in [0.5, 0.6) is 0 Å². The molecule has 0 saturated carbocycles. The van der Waals surface area contributed by atoms with Crippen molar-refractivity contribution in [2.45, 2.75) is 33.7 Å². The molecular weight excluding hydrogens is 210 g/mol.